The second-order valence-corrected chi connectivity index (χ2v) is 8.08. The van der Waals surface area contributed by atoms with E-state index in [0.29, 0.717) is 41.0 Å². The van der Waals surface area contributed by atoms with Crippen LogP contribution >= 0.6 is 0 Å². The van der Waals surface area contributed by atoms with Gasteiger partial charge in [0.15, 0.2) is 5.82 Å². The maximum atomic E-state index is 13.2. The van der Waals surface area contributed by atoms with Gasteiger partial charge < -0.3 is 14.8 Å². The molecule has 0 saturated carbocycles. The molecule has 0 radical (unpaired) electrons. The summed E-state index contributed by atoms with van der Waals surface area (Å²) >= 11 is 0. The van der Waals surface area contributed by atoms with Crippen LogP contribution in [0, 0.1) is 11.7 Å². The van der Waals surface area contributed by atoms with Gasteiger partial charge in [0.2, 0.25) is 0 Å². The van der Waals surface area contributed by atoms with Gasteiger partial charge in [-0.2, -0.15) is 4.98 Å². The topological polar surface area (TPSA) is 78.3 Å². The molecule has 3 aromatic carbocycles. The predicted octanol–water partition coefficient (Wildman–Crippen LogP) is 5.37. The van der Waals surface area contributed by atoms with Crippen LogP contribution in [0.5, 0.6) is 11.8 Å². The lowest BCUT2D eigenvalue weighted by Crippen LogP contribution is -2.12. The highest BCUT2D eigenvalue weighted by atomic mass is 19.1. The molecule has 4 rings (SSSR count). The summed E-state index contributed by atoms with van der Waals surface area (Å²) in [6.45, 7) is 4.58. The van der Waals surface area contributed by atoms with E-state index in [1.165, 1.54) is 24.3 Å². The van der Waals surface area contributed by atoms with Crippen molar-refractivity contribution in [2.45, 2.75) is 13.8 Å². The van der Waals surface area contributed by atoms with Crippen LogP contribution in [0.1, 0.15) is 24.2 Å². The molecule has 0 saturated heterocycles. The van der Waals surface area contributed by atoms with E-state index in [1.807, 2.05) is 44.2 Å². The Kier molecular flexibility index (Phi) is 6.87. The summed E-state index contributed by atoms with van der Waals surface area (Å²) in [6.07, 6.45) is 0. The molecular formula is C26H25FN4O3. The van der Waals surface area contributed by atoms with Crippen molar-refractivity contribution in [2.24, 2.45) is 5.92 Å². The number of benzene rings is 3. The van der Waals surface area contributed by atoms with Crippen molar-refractivity contribution in [3.05, 3.63) is 84.2 Å². The largest absolute Gasteiger partial charge is 0.497 e. The van der Waals surface area contributed by atoms with Gasteiger partial charge >= 0.3 is 6.01 Å². The lowest BCUT2D eigenvalue weighted by atomic mass is 10.2. The third-order valence-corrected chi connectivity index (χ3v) is 4.92. The molecule has 0 fully saturated rings. The molecule has 34 heavy (non-hydrogen) atoms. The number of carbonyl (C=O) groups is 1. The van der Waals surface area contributed by atoms with Crippen LogP contribution in [0.3, 0.4) is 0 Å². The van der Waals surface area contributed by atoms with Gasteiger partial charge in [-0.05, 0) is 60.5 Å². The van der Waals surface area contributed by atoms with Crippen LogP contribution in [-0.4, -0.2) is 34.4 Å². The number of amides is 1. The maximum Gasteiger partial charge on any atom is 0.336 e. The molecule has 1 aromatic heterocycles. The molecule has 0 aliphatic rings. The van der Waals surface area contributed by atoms with Gasteiger partial charge in [-0.15, -0.1) is 5.10 Å². The zero-order valence-electron chi connectivity index (χ0n) is 19.2. The first-order chi connectivity index (χ1) is 16.4. The van der Waals surface area contributed by atoms with E-state index in [-0.39, 0.29) is 11.9 Å². The summed E-state index contributed by atoms with van der Waals surface area (Å²) in [5, 5.41) is 7.40. The number of nitrogens with one attached hydrogen (secondary N) is 1. The molecule has 0 unspecified atom stereocenters. The number of carbonyl (C=O) groups excluding carboxylic acids is 1. The zero-order valence-corrected chi connectivity index (χ0v) is 19.2. The summed E-state index contributed by atoms with van der Waals surface area (Å²) in [5.74, 6) is 0.837. The monoisotopic (exact) mass is 460 g/mol. The lowest BCUT2D eigenvalue weighted by molar-refractivity contribution is 0.102. The van der Waals surface area contributed by atoms with E-state index in [0.717, 1.165) is 5.56 Å². The predicted molar refractivity (Wildman–Crippen MR) is 128 cm³/mol. The summed E-state index contributed by atoms with van der Waals surface area (Å²) < 4.78 is 26.0. The van der Waals surface area contributed by atoms with Gasteiger partial charge in [0.05, 0.1) is 19.4 Å². The SMILES string of the molecule is COc1cccc(-c2nc(OCC(C)C)nn2-c2cccc(NC(=O)c3ccc(F)cc3)c2)c1. The van der Waals surface area contributed by atoms with Gasteiger partial charge in [0, 0.05) is 16.8 Å². The van der Waals surface area contributed by atoms with Crippen LogP contribution < -0.4 is 14.8 Å². The van der Waals surface area contributed by atoms with Crippen molar-refractivity contribution in [2.75, 3.05) is 19.0 Å². The normalized spacial score (nSPS) is 10.9. The smallest absolute Gasteiger partial charge is 0.336 e. The molecule has 1 N–H and O–H groups in total. The summed E-state index contributed by atoms with van der Waals surface area (Å²) in [5.41, 5.74) is 2.39. The number of hydrogen-bond acceptors (Lipinski definition) is 5. The maximum absolute atomic E-state index is 13.2. The minimum atomic E-state index is -0.398. The van der Waals surface area contributed by atoms with Crippen molar-refractivity contribution in [3.8, 4) is 28.8 Å². The quantitative estimate of drug-likeness (QED) is 0.383. The van der Waals surface area contributed by atoms with Crippen molar-refractivity contribution in [1.29, 1.82) is 0 Å². The molecule has 0 atom stereocenters. The van der Waals surface area contributed by atoms with E-state index in [1.54, 1.807) is 30.0 Å². The molecule has 1 heterocycles. The highest BCUT2D eigenvalue weighted by Crippen LogP contribution is 2.27. The van der Waals surface area contributed by atoms with Crippen LogP contribution in [0.25, 0.3) is 17.1 Å². The van der Waals surface area contributed by atoms with E-state index in [4.69, 9.17) is 9.47 Å². The number of anilines is 1. The first-order valence-corrected chi connectivity index (χ1v) is 10.8. The Morgan fingerprint density at radius 1 is 1.06 bits per heavy atom. The van der Waals surface area contributed by atoms with E-state index < -0.39 is 5.82 Å². The molecule has 0 spiro atoms. The second kappa shape index (κ2) is 10.2. The third-order valence-electron chi connectivity index (χ3n) is 4.92. The van der Waals surface area contributed by atoms with E-state index in [9.17, 15) is 9.18 Å². The number of aromatic nitrogens is 3. The lowest BCUT2D eigenvalue weighted by Gasteiger charge is -2.10. The fourth-order valence-electron chi connectivity index (χ4n) is 3.24. The standard InChI is InChI=1S/C26H25FN4O3/c1-17(2)16-34-26-29-24(19-6-4-9-23(14-19)33-3)31(30-26)22-8-5-7-21(15-22)28-25(32)18-10-12-20(27)13-11-18/h4-15,17H,16H2,1-3H3,(H,28,32). The van der Waals surface area contributed by atoms with Crippen LogP contribution in [0.4, 0.5) is 10.1 Å². The summed E-state index contributed by atoms with van der Waals surface area (Å²) in [7, 11) is 1.61. The molecule has 4 aromatic rings. The van der Waals surface area contributed by atoms with Gasteiger partial charge in [0.25, 0.3) is 5.91 Å². The molecule has 8 heteroatoms. The van der Waals surface area contributed by atoms with Gasteiger partial charge in [0.1, 0.15) is 11.6 Å². The molecule has 1 amide bonds. The molecule has 0 aliphatic carbocycles. The Morgan fingerprint density at radius 2 is 1.82 bits per heavy atom. The second-order valence-electron chi connectivity index (χ2n) is 8.08. The first-order valence-electron chi connectivity index (χ1n) is 10.8. The van der Waals surface area contributed by atoms with Crippen LogP contribution in [0.15, 0.2) is 72.8 Å². The minimum Gasteiger partial charge on any atom is -0.497 e. The minimum absolute atomic E-state index is 0.257. The number of nitrogens with zero attached hydrogens (tertiary/aromatic N) is 3. The van der Waals surface area contributed by atoms with Crippen molar-refractivity contribution in [1.82, 2.24) is 14.8 Å². The number of hydrogen-bond donors (Lipinski definition) is 1. The van der Waals surface area contributed by atoms with Gasteiger partial charge in [-0.25, -0.2) is 9.07 Å². The van der Waals surface area contributed by atoms with Crippen molar-refractivity contribution >= 4 is 11.6 Å². The number of rotatable bonds is 8. The third kappa shape index (κ3) is 5.40. The number of ether oxygens (including phenoxy) is 2. The number of methoxy groups -OCH3 is 1. The molecule has 0 aliphatic heterocycles. The zero-order chi connectivity index (χ0) is 24.1. The highest BCUT2D eigenvalue weighted by molar-refractivity contribution is 6.04. The summed E-state index contributed by atoms with van der Waals surface area (Å²) in [4.78, 5) is 17.2. The highest BCUT2D eigenvalue weighted by Gasteiger charge is 2.17. The Bertz CT molecular complexity index is 1290. The Morgan fingerprint density at radius 3 is 2.56 bits per heavy atom. The molecule has 7 nitrogen and oxygen atoms in total. The van der Waals surface area contributed by atoms with Gasteiger partial charge in [-0.1, -0.05) is 32.0 Å². The fraction of sp³-hybridized carbons (Fsp3) is 0.192. The Hall–Kier alpha value is -4.20. The van der Waals surface area contributed by atoms with Gasteiger partial charge in [-0.3, -0.25) is 4.79 Å². The molecule has 174 valence electrons. The van der Waals surface area contributed by atoms with Crippen molar-refractivity contribution < 1.29 is 18.7 Å². The van der Waals surface area contributed by atoms with Crippen LogP contribution in [-0.2, 0) is 0 Å². The number of halogens is 1. The fourth-order valence-corrected chi connectivity index (χ4v) is 3.24. The summed E-state index contributed by atoms with van der Waals surface area (Å²) in [6, 6.07) is 20.4. The van der Waals surface area contributed by atoms with E-state index >= 15 is 0 Å². The molecule has 0 bridgehead atoms. The van der Waals surface area contributed by atoms with Crippen LogP contribution in [0.2, 0.25) is 0 Å². The molecular weight excluding hydrogens is 435 g/mol. The Balaban J connectivity index is 1.68. The van der Waals surface area contributed by atoms with Crippen molar-refractivity contribution in [3.63, 3.8) is 0 Å². The first kappa shape index (κ1) is 23.0. The average Bonchev–Trinajstić information content (AvgIpc) is 3.28. The Labute approximate surface area is 197 Å². The van der Waals surface area contributed by atoms with E-state index in [2.05, 4.69) is 15.4 Å². The average molecular weight is 461 g/mol.